The summed E-state index contributed by atoms with van der Waals surface area (Å²) in [4.78, 5) is 5.05. The fourth-order valence-electron chi connectivity index (χ4n) is 3.16. The second-order valence-corrected chi connectivity index (χ2v) is 6.30. The van der Waals surface area contributed by atoms with E-state index in [2.05, 4.69) is 43.1 Å². The molecule has 2 atom stereocenters. The molecule has 0 saturated carbocycles. The van der Waals surface area contributed by atoms with Crippen molar-refractivity contribution in [3.8, 4) is 0 Å². The van der Waals surface area contributed by atoms with Gasteiger partial charge in [0.1, 0.15) is 0 Å². The van der Waals surface area contributed by atoms with Gasteiger partial charge >= 0.3 is 0 Å². The highest BCUT2D eigenvalue weighted by molar-refractivity contribution is 4.81. The maximum absolute atomic E-state index is 3.66. The van der Waals surface area contributed by atoms with Crippen molar-refractivity contribution in [3.05, 3.63) is 0 Å². The number of rotatable bonds is 10. The fourth-order valence-corrected chi connectivity index (χ4v) is 3.16. The minimum Gasteiger partial charge on any atom is -0.314 e. The average Bonchev–Trinajstić information content (AvgIpc) is 2.80. The van der Waals surface area contributed by atoms with Gasteiger partial charge < -0.3 is 10.2 Å². The third kappa shape index (κ3) is 6.73. The maximum Gasteiger partial charge on any atom is 0.0223 e. The summed E-state index contributed by atoms with van der Waals surface area (Å²) in [6.45, 7) is 9.56. The molecule has 0 amide bonds. The van der Waals surface area contributed by atoms with Gasteiger partial charge in [0, 0.05) is 18.6 Å². The van der Waals surface area contributed by atoms with E-state index in [1.54, 1.807) is 0 Å². The summed E-state index contributed by atoms with van der Waals surface area (Å²) in [6.07, 6.45) is 7.97. The van der Waals surface area contributed by atoms with Crippen LogP contribution >= 0.6 is 0 Å². The first kappa shape index (κ1) is 16.9. The molecule has 19 heavy (non-hydrogen) atoms. The van der Waals surface area contributed by atoms with Gasteiger partial charge in [0.15, 0.2) is 0 Å². The maximum atomic E-state index is 3.66. The molecule has 1 heterocycles. The molecule has 0 aliphatic carbocycles. The Labute approximate surface area is 120 Å². The highest BCUT2D eigenvalue weighted by Crippen LogP contribution is 2.18. The first-order chi connectivity index (χ1) is 9.17. The second kappa shape index (κ2) is 9.73. The van der Waals surface area contributed by atoms with E-state index in [1.165, 1.54) is 64.7 Å². The van der Waals surface area contributed by atoms with Gasteiger partial charge in [-0.25, -0.2) is 0 Å². The van der Waals surface area contributed by atoms with Crippen molar-refractivity contribution in [1.29, 1.82) is 0 Å². The summed E-state index contributed by atoms with van der Waals surface area (Å²) in [7, 11) is 4.39. The largest absolute Gasteiger partial charge is 0.314 e. The third-order valence-electron chi connectivity index (χ3n) is 4.25. The quantitative estimate of drug-likeness (QED) is 0.657. The van der Waals surface area contributed by atoms with Gasteiger partial charge in [0.2, 0.25) is 0 Å². The second-order valence-electron chi connectivity index (χ2n) is 6.30. The van der Waals surface area contributed by atoms with Crippen molar-refractivity contribution in [3.63, 3.8) is 0 Å². The molecular formula is C16H35N3. The molecule has 3 heteroatoms. The van der Waals surface area contributed by atoms with Crippen molar-refractivity contribution in [2.45, 2.75) is 64.5 Å². The number of hydrogen-bond donors (Lipinski definition) is 1. The van der Waals surface area contributed by atoms with Crippen LogP contribution in [0.5, 0.6) is 0 Å². The third-order valence-corrected chi connectivity index (χ3v) is 4.25. The van der Waals surface area contributed by atoms with Gasteiger partial charge in [-0.2, -0.15) is 0 Å². The molecule has 0 radical (unpaired) electrons. The number of likely N-dealkylation sites (N-methyl/N-ethyl adjacent to an activating group) is 1. The molecule has 1 fully saturated rings. The van der Waals surface area contributed by atoms with Gasteiger partial charge in [0.05, 0.1) is 0 Å². The first-order valence-electron chi connectivity index (χ1n) is 8.29. The van der Waals surface area contributed by atoms with E-state index in [9.17, 15) is 0 Å². The monoisotopic (exact) mass is 269 g/mol. The summed E-state index contributed by atoms with van der Waals surface area (Å²) in [5, 5.41) is 3.66. The SMILES string of the molecule is CCCNC(CC)CCCN1CCCC1CN(C)C. The van der Waals surface area contributed by atoms with E-state index >= 15 is 0 Å². The predicted molar refractivity (Wildman–Crippen MR) is 84.8 cm³/mol. The molecule has 0 aromatic rings. The van der Waals surface area contributed by atoms with Crippen LogP contribution in [0.25, 0.3) is 0 Å². The number of likely N-dealkylation sites (tertiary alicyclic amines) is 1. The van der Waals surface area contributed by atoms with Crippen LogP contribution < -0.4 is 5.32 Å². The Hall–Kier alpha value is -0.120. The molecule has 0 aromatic carbocycles. The normalized spacial score (nSPS) is 22.3. The lowest BCUT2D eigenvalue weighted by atomic mass is 10.1. The van der Waals surface area contributed by atoms with Crippen molar-refractivity contribution >= 4 is 0 Å². The summed E-state index contributed by atoms with van der Waals surface area (Å²) >= 11 is 0. The summed E-state index contributed by atoms with van der Waals surface area (Å²) in [5.41, 5.74) is 0. The molecule has 114 valence electrons. The van der Waals surface area contributed by atoms with Crippen LogP contribution in [-0.4, -0.2) is 62.2 Å². The van der Waals surface area contributed by atoms with Gasteiger partial charge in [-0.15, -0.1) is 0 Å². The zero-order valence-corrected chi connectivity index (χ0v) is 13.6. The Morgan fingerprint density at radius 2 is 2.11 bits per heavy atom. The minimum atomic E-state index is 0.731. The van der Waals surface area contributed by atoms with Crippen LogP contribution in [0.4, 0.5) is 0 Å². The van der Waals surface area contributed by atoms with Crippen molar-refractivity contribution < 1.29 is 0 Å². The molecule has 1 aliphatic rings. The van der Waals surface area contributed by atoms with Gasteiger partial charge in [-0.3, -0.25) is 4.90 Å². The zero-order chi connectivity index (χ0) is 14.1. The lowest BCUT2D eigenvalue weighted by molar-refractivity contribution is 0.202. The molecule has 0 spiro atoms. The average molecular weight is 269 g/mol. The molecule has 0 aromatic heterocycles. The molecule has 2 unspecified atom stereocenters. The summed E-state index contributed by atoms with van der Waals surface area (Å²) < 4.78 is 0. The lowest BCUT2D eigenvalue weighted by Gasteiger charge is -2.27. The summed E-state index contributed by atoms with van der Waals surface area (Å²) in [6, 6.07) is 1.54. The molecule has 1 aliphatic heterocycles. The molecule has 1 N–H and O–H groups in total. The standard InChI is InChI=1S/C16H35N3/c1-5-11-17-15(6-2)9-7-12-19-13-8-10-16(19)14-18(3)4/h15-17H,5-14H2,1-4H3. The Bertz CT molecular complexity index is 218. The Morgan fingerprint density at radius 3 is 2.74 bits per heavy atom. The predicted octanol–water partition coefficient (Wildman–Crippen LogP) is 2.57. The Kier molecular flexibility index (Phi) is 8.67. The van der Waals surface area contributed by atoms with Crippen LogP contribution in [0.1, 0.15) is 52.4 Å². The number of nitrogens with zero attached hydrogens (tertiary/aromatic N) is 2. The molecule has 1 rings (SSSR count). The number of hydrogen-bond acceptors (Lipinski definition) is 3. The highest BCUT2D eigenvalue weighted by Gasteiger charge is 2.24. The lowest BCUT2D eigenvalue weighted by Crippen LogP contribution is -2.38. The van der Waals surface area contributed by atoms with Crippen molar-refractivity contribution in [2.75, 3.05) is 40.3 Å². The van der Waals surface area contributed by atoms with Gasteiger partial charge in [-0.1, -0.05) is 13.8 Å². The van der Waals surface area contributed by atoms with Crippen LogP contribution in [0, 0.1) is 0 Å². The van der Waals surface area contributed by atoms with E-state index in [-0.39, 0.29) is 0 Å². The molecule has 3 nitrogen and oxygen atoms in total. The number of nitrogens with one attached hydrogen (secondary N) is 1. The van der Waals surface area contributed by atoms with E-state index in [1.807, 2.05) is 0 Å². The van der Waals surface area contributed by atoms with E-state index in [4.69, 9.17) is 0 Å². The Morgan fingerprint density at radius 1 is 1.32 bits per heavy atom. The van der Waals surface area contributed by atoms with Crippen LogP contribution in [-0.2, 0) is 0 Å². The first-order valence-corrected chi connectivity index (χ1v) is 8.29. The molecule has 0 bridgehead atoms. The molecular weight excluding hydrogens is 234 g/mol. The fraction of sp³-hybridized carbons (Fsp3) is 1.00. The molecule has 1 saturated heterocycles. The highest BCUT2D eigenvalue weighted by atomic mass is 15.2. The van der Waals surface area contributed by atoms with Crippen LogP contribution in [0.15, 0.2) is 0 Å². The Balaban J connectivity index is 2.19. The minimum absolute atomic E-state index is 0.731. The van der Waals surface area contributed by atoms with Crippen LogP contribution in [0.2, 0.25) is 0 Å². The van der Waals surface area contributed by atoms with Gasteiger partial charge in [-0.05, 0) is 72.3 Å². The van der Waals surface area contributed by atoms with Crippen molar-refractivity contribution in [2.24, 2.45) is 0 Å². The van der Waals surface area contributed by atoms with Crippen molar-refractivity contribution in [1.82, 2.24) is 15.1 Å². The summed E-state index contributed by atoms with van der Waals surface area (Å²) in [5.74, 6) is 0. The van der Waals surface area contributed by atoms with E-state index in [0.717, 1.165) is 12.1 Å². The zero-order valence-electron chi connectivity index (χ0n) is 13.6. The smallest absolute Gasteiger partial charge is 0.0223 e. The topological polar surface area (TPSA) is 18.5 Å². The van der Waals surface area contributed by atoms with E-state index < -0.39 is 0 Å². The van der Waals surface area contributed by atoms with Gasteiger partial charge in [0.25, 0.3) is 0 Å². The van der Waals surface area contributed by atoms with Crippen LogP contribution in [0.3, 0.4) is 0 Å². The van der Waals surface area contributed by atoms with E-state index in [0.29, 0.717) is 0 Å².